The van der Waals surface area contributed by atoms with Gasteiger partial charge in [0.05, 0.1) is 7.85 Å². The number of hydrogen-bond acceptors (Lipinski definition) is 3. The summed E-state index contributed by atoms with van der Waals surface area (Å²) < 4.78 is 6.01. The topological polar surface area (TPSA) is 32.7 Å². The van der Waals surface area contributed by atoms with Gasteiger partial charge in [-0.25, -0.2) is 0 Å². The minimum Gasteiger partial charge on any atom is -0.436 e. The van der Waals surface area contributed by atoms with Crippen LogP contribution in [0.5, 0.6) is 0 Å². The lowest BCUT2D eigenvalue weighted by Crippen LogP contribution is -2.58. The molecule has 0 saturated carbocycles. The normalized spacial score (nSPS) is 24.6. The van der Waals surface area contributed by atoms with E-state index in [4.69, 9.17) is 12.5 Å². The van der Waals surface area contributed by atoms with Gasteiger partial charge in [-0.3, -0.25) is 0 Å². The maximum atomic E-state index is 10.3. The lowest BCUT2D eigenvalue weighted by molar-refractivity contribution is -0.242. The Kier molecular flexibility index (Phi) is 4.81. The summed E-state index contributed by atoms with van der Waals surface area (Å²) in [5, 5.41) is 11.4. The molecule has 113 valence electrons. The van der Waals surface area contributed by atoms with Crippen LogP contribution in [0, 0.1) is 0 Å². The third kappa shape index (κ3) is 3.80. The molecule has 1 saturated heterocycles. The molecule has 3 nitrogen and oxygen atoms in total. The third-order valence-electron chi connectivity index (χ3n) is 4.78. The smallest absolute Gasteiger partial charge is 0.296 e. The van der Waals surface area contributed by atoms with Gasteiger partial charge in [0, 0.05) is 16.7 Å². The van der Waals surface area contributed by atoms with Crippen molar-refractivity contribution in [3.05, 3.63) is 0 Å². The summed E-state index contributed by atoms with van der Waals surface area (Å²) in [7, 11) is 8.10. The molecule has 20 heavy (non-hydrogen) atoms. The number of hydrogen-bond donors (Lipinski definition) is 1. The summed E-state index contributed by atoms with van der Waals surface area (Å²) in [4.78, 5) is 0. The fourth-order valence-electron chi connectivity index (χ4n) is 2.86. The second-order valence-electron chi connectivity index (χ2n) is 8.59. The minimum absolute atomic E-state index is 0.255. The van der Waals surface area contributed by atoms with E-state index in [0.29, 0.717) is 5.82 Å². The Balaban J connectivity index is 2.71. The number of rotatable bonds is 4. The molecule has 1 rings (SSSR count). The van der Waals surface area contributed by atoms with Gasteiger partial charge in [0.25, 0.3) is 7.48 Å². The van der Waals surface area contributed by atoms with Gasteiger partial charge in [0.15, 0.2) is 0 Å². The molecule has 1 aliphatic heterocycles. The highest BCUT2D eigenvalue weighted by molar-refractivity contribution is 6.30. The average Bonchev–Trinajstić information content (AvgIpc) is 2.21. The van der Waals surface area contributed by atoms with Crippen LogP contribution in [0.2, 0.25) is 11.1 Å². The highest BCUT2D eigenvalue weighted by atomic mass is 16.5. The molecule has 0 aromatic rings. The van der Waals surface area contributed by atoms with E-state index in [1.807, 2.05) is 35.2 Å². The second-order valence-corrected chi connectivity index (χ2v) is 8.59. The third-order valence-corrected chi connectivity index (χ3v) is 4.78. The van der Waals surface area contributed by atoms with E-state index >= 15 is 0 Å². The van der Waals surface area contributed by atoms with Crippen LogP contribution in [0.1, 0.15) is 68.2 Å². The lowest BCUT2D eigenvalue weighted by atomic mass is 9.59. The molecule has 0 spiro atoms. The Morgan fingerprint density at radius 1 is 1.10 bits per heavy atom. The SMILES string of the molecule is [B]C(C)(C)C(C)(C)O[B]C1CC(C)(C)N(O)C(C)(C)C1. The summed E-state index contributed by atoms with van der Waals surface area (Å²) >= 11 is 0. The standard InChI is InChI=1S/C15H30B2NO2/c1-12(2)9-11(10-13(3,4)18(12)19)17-20-15(7,8)14(5,6)16/h11,19H,9-10H2,1-8H3. The van der Waals surface area contributed by atoms with E-state index in [-0.39, 0.29) is 11.1 Å². The Hall–Kier alpha value is 0.00987. The van der Waals surface area contributed by atoms with E-state index in [9.17, 15) is 5.21 Å². The van der Waals surface area contributed by atoms with Crippen molar-refractivity contribution in [1.29, 1.82) is 0 Å². The molecule has 1 aliphatic rings. The van der Waals surface area contributed by atoms with Crippen molar-refractivity contribution >= 4 is 15.3 Å². The Morgan fingerprint density at radius 3 is 1.85 bits per heavy atom. The molecule has 1 fully saturated rings. The van der Waals surface area contributed by atoms with Crippen LogP contribution in [-0.4, -0.2) is 42.3 Å². The summed E-state index contributed by atoms with van der Waals surface area (Å²) in [5.74, 6) is 0.310. The van der Waals surface area contributed by atoms with Crippen molar-refractivity contribution in [1.82, 2.24) is 5.06 Å². The van der Waals surface area contributed by atoms with Crippen molar-refractivity contribution in [3.63, 3.8) is 0 Å². The zero-order valence-electron chi connectivity index (χ0n) is 14.4. The first-order valence-electron chi connectivity index (χ1n) is 7.48. The van der Waals surface area contributed by atoms with Gasteiger partial charge in [0.2, 0.25) is 0 Å². The highest BCUT2D eigenvalue weighted by Crippen LogP contribution is 2.44. The quantitative estimate of drug-likeness (QED) is 0.797. The fourth-order valence-corrected chi connectivity index (χ4v) is 2.86. The highest BCUT2D eigenvalue weighted by Gasteiger charge is 2.46. The van der Waals surface area contributed by atoms with Gasteiger partial charge in [-0.2, -0.15) is 5.06 Å². The van der Waals surface area contributed by atoms with Gasteiger partial charge in [0.1, 0.15) is 0 Å². The average molecular weight is 278 g/mol. The van der Waals surface area contributed by atoms with Crippen LogP contribution in [-0.2, 0) is 4.65 Å². The molecule has 0 atom stereocenters. The van der Waals surface area contributed by atoms with Gasteiger partial charge in [-0.05, 0) is 65.5 Å². The van der Waals surface area contributed by atoms with E-state index in [1.165, 1.54) is 5.06 Å². The molecule has 1 heterocycles. The molecule has 5 heteroatoms. The molecule has 0 aromatic carbocycles. The van der Waals surface area contributed by atoms with E-state index in [1.54, 1.807) is 0 Å². The van der Waals surface area contributed by atoms with Crippen molar-refractivity contribution in [2.24, 2.45) is 0 Å². The van der Waals surface area contributed by atoms with Crippen molar-refractivity contribution < 1.29 is 9.86 Å². The van der Waals surface area contributed by atoms with E-state index < -0.39 is 10.9 Å². The summed E-state index contributed by atoms with van der Waals surface area (Å²) in [6.45, 7) is 16.2. The van der Waals surface area contributed by atoms with Crippen LogP contribution < -0.4 is 0 Å². The largest absolute Gasteiger partial charge is 0.436 e. The first-order valence-corrected chi connectivity index (χ1v) is 7.48. The summed E-state index contributed by atoms with van der Waals surface area (Å²) in [6, 6.07) is 0. The first-order chi connectivity index (χ1) is 8.69. The molecule has 3 radical (unpaired) electrons. The first kappa shape index (κ1) is 18.1. The monoisotopic (exact) mass is 278 g/mol. The predicted octanol–water partition coefficient (Wildman–Crippen LogP) is 3.60. The van der Waals surface area contributed by atoms with E-state index in [2.05, 4.69) is 27.7 Å². The van der Waals surface area contributed by atoms with Crippen molar-refractivity contribution in [3.8, 4) is 0 Å². The maximum absolute atomic E-state index is 10.3. The fraction of sp³-hybridized carbons (Fsp3) is 1.00. The predicted molar refractivity (Wildman–Crippen MR) is 85.5 cm³/mol. The molecule has 0 unspecified atom stereocenters. The molecule has 0 amide bonds. The summed E-state index contributed by atoms with van der Waals surface area (Å²) in [6.07, 6.45) is 1.74. The van der Waals surface area contributed by atoms with Crippen LogP contribution in [0.4, 0.5) is 0 Å². The molecule has 0 aromatic heterocycles. The van der Waals surface area contributed by atoms with Gasteiger partial charge >= 0.3 is 0 Å². The number of hydroxylamine groups is 2. The Labute approximate surface area is 127 Å². The molecule has 0 aliphatic carbocycles. The zero-order chi connectivity index (χ0) is 16.0. The lowest BCUT2D eigenvalue weighted by Gasteiger charge is -2.52. The Bertz CT molecular complexity index is 330. The van der Waals surface area contributed by atoms with Crippen molar-refractivity contribution in [2.75, 3.05) is 0 Å². The van der Waals surface area contributed by atoms with Crippen LogP contribution >= 0.6 is 0 Å². The van der Waals surface area contributed by atoms with Crippen LogP contribution in [0.3, 0.4) is 0 Å². The van der Waals surface area contributed by atoms with Gasteiger partial charge < -0.3 is 9.86 Å². The number of nitrogens with zero attached hydrogens (tertiary/aromatic N) is 1. The Morgan fingerprint density at radius 2 is 1.50 bits per heavy atom. The maximum Gasteiger partial charge on any atom is 0.296 e. The molecule has 1 N–H and O–H groups in total. The van der Waals surface area contributed by atoms with Crippen LogP contribution in [0.25, 0.3) is 0 Å². The van der Waals surface area contributed by atoms with Crippen LogP contribution in [0.15, 0.2) is 0 Å². The van der Waals surface area contributed by atoms with E-state index in [0.717, 1.165) is 12.8 Å². The number of piperidine rings is 1. The molecular formula is C15H30B2NO2. The second kappa shape index (κ2) is 5.33. The van der Waals surface area contributed by atoms with Gasteiger partial charge in [-0.15, -0.1) is 0 Å². The zero-order valence-corrected chi connectivity index (χ0v) is 14.4. The van der Waals surface area contributed by atoms with Gasteiger partial charge in [-0.1, -0.05) is 13.8 Å². The van der Waals surface area contributed by atoms with Crippen molar-refractivity contribution in [2.45, 2.75) is 96.0 Å². The molecular weight excluding hydrogens is 248 g/mol. The molecule has 0 bridgehead atoms. The summed E-state index contributed by atoms with van der Waals surface area (Å²) in [5.41, 5.74) is -0.930. The minimum atomic E-state index is -0.419.